The molecule has 0 unspecified atom stereocenters. The van der Waals surface area contributed by atoms with E-state index in [9.17, 15) is 4.79 Å². The number of hydrogen-bond donors (Lipinski definition) is 0. The van der Waals surface area contributed by atoms with Crippen LogP contribution in [-0.4, -0.2) is 28.8 Å². The first-order chi connectivity index (χ1) is 12.7. The molecule has 6 heteroatoms. The fourth-order valence-electron chi connectivity index (χ4n) is 3.99. The predicted molar refractivity (Wildman–Crippen MR) is 98.8 cm³/mol. The van der Waals surface area contributed by atoms with E-state index < -0.39 is 0 Å². The first-order valence-electron chi connectivity index (χ1n) is 9.42. The fourth-order valence-corrected chi connectivity index (χ4v) is 3.99. The second-order valence-corrected chi connectivity index (χ2v) is 7.23. The highest BCUT2D eigenvalue weighted by molar-refractivity contribution is 5.68. The summed E-state index contributed by atoms with van der Waals surface area (Å²) in [4.78, 5) is 21.8. The van der Waals surface area contributed by atoms with Gasteiger partial charge in [-0.05, 0) is 56.1 Å². The van der Waals surface area contributed by atoms with Gasteiger partial charge in [0.2, 0.25) is 5.88 Å². The van der Waals surface area contributed by atoms with Crippen LogP contribution in [0.25, 0.3) is 11.1 Å². The third-order valence-corrected chi connectivity index (χ3v) is 5.66. The van der Waals surface area contributed by atoms with Crippen LogP contribution in [0.15, 0.2) is 17.1 Å². The quantitative estimate of drug-likeness (QED) is 0.825. The Hall–Kier alpha value is -2.37. The lowest BCUT2D eigenvalue weighted by Crippen LogP contribution is -2.32. The Morgan fingerprint density at radius 3 is 2.62 bits per heavy atom. The maximum absolute atomic E-state index is 13.4. The molecular weight excluding hydrogens is 330 g/mol. The number of hydrogen-bond acceptors (Lipinski definition) is 5. The van der Waals surface area contributed by atoms with Crippen LogP contribution in [0, 0.1) is 5.92 Å². The van der Waals surface area contributed by atoms with Crippen molar-refractivity contribution in [1.82, 2.24) is 14.5 Å². The maximum Gasteiger partial charge on any atom is 0.319 e. The van der Waals surface area contributed by atoms with Gasteiger partial charge in [-0.25, -0.2) is 4.98 Å². The number of aromatic nitrogens is 3. The molecule has 0 aromatic carbocycles. The van der Waals surface area contributed by atoms with Crippen LogP contribution in [0.5, 0.6) is 11.9 Å². The zero-order chi connectivity index (χ0) is 18.1. The number of fused-ring (bicyclic) bond motifs is 1. The van der Waals surface area contributed by atoms with Crippen molar-refractivity contribution in [2.24, 2.45) is 5.92 Å². The first-order valence-corrected chi connectivity index (χ1v) is 9.42. The molecule has 138 valence electrons. The number of rotatable bonds is 5. The second-order valence-electron chi connectivity index (χ2n) is 7.23. The van der Waals surface area contributed by atoms with E-state index in [4.69, 9.17) is 9.47 Å². The van der Waals surface area contributed by atoms with Gasteiger partial charge in [-0.15, -0.1) is 0 Å². The number of methoxy groups -OCH3 is 2. The van der Waals surface area contributed by atoms with E-state index in [-0.39, 0.29) is 11.6 Å². The Kier molecular flexibility index (Phi) is 4.66. The molecule has 0 bridgehead atoms. The maximum atomic E-state index is 13.4. The lowest BCUT2D eigenvalue weighted by atomic mass is 9.84. The van der Waals surface area contributed by atoms with Crippen LogP contribution in [0.1, 0.15) is 43.4 Å². The molecule has 6 nitrogen and oxygen atoms in total. The van der Waals surface area contributed by atoms with E-state index in [1.807, 2.05) is 10.6 Å². The zero-order valence-corrected chi connectivity index (χ0v) is 15.5. The lowest BCUT2D eigenvalue weighted by molar-refractivity contribution is 0.269. The first kappa shape index (κ1) is 17.1. The molecule has 2 heterocycles. The average molecular weight is 355 g/mol. The standard InChI is InChI=1S/C20H25N3O3/c1-25-18-16(11-21-20(22-18)26-2)15-10-14-8-3-4-9-17(14)23(19(15)24)12-13-6-5-7-13/h10-11,13H,3-9,12H2,1-2H3. The number of ether oxygens (including phenoxy) is 2. The van der Waals surface area contributed by atoms with Gasteiger partial charge in [0.25, 0.3) is 5.56 Å². The number of nitrogens with zero attached hydrogens (tertiary/aromatic N) is 3. The SMILES string of the molecule is COc1ncc(-c2cc3c(n(CC4CCC4)c2=O)CCCC3)c(OC)n1. The summed E-state index contributed by atoms with van der Waals surface area (Å²) in [6.45, 7) is 0.828. The largest absolute Gasteiger partial charge is 0.480 e. The Bertz CT molecular complexity index is 871. The molecule has 0 spiro atoms. The van der Waals surface area contributed by atoms with Crippen molar-refractivity contribution in [2.45, 2.75) is 51.5 Å². The smallest absolute Gasteiger partial charge is 0.319 e. The van der Waals surface area contributed by atoms with Gasteiger partial charge in [0, 0.05) is 18.4 Å². The molecule has 0 radical (unpaired) electrons. The predicted octanol–water partition coefficient (Wildman–Crippen LogP) is 3.00. The summed E-state index contributed by atoms with van der Waals surface area (Å²) in [5.74, 6) is 1.00. The monoisotopic (exact) mass is 355 g/mol. The van der Waals surface area contributed by atoms with Crippen LogP contribution < -0.4 is 15.0 Å². The van der Waals surface area contributed by atoms with Gasteiger partial charge in [-0.2, -0.15) is 4.98 Å². The Balaban J connectivity index is 1.86. The molecule has 1 fully saturated rings. The van der Waals surface area contributed by atoms with E-state index >= 15 is 0 Å². The molecule has 2 aromatic heterocycles. The molecule has 0 aliphatic heterocycles. The molecule has 0 N–H and O–H groups in total. The molecule has 2 aromatic rings. The minimum absolute atomic E-state index is 0.0459. The molecule has 4 rings (SSSR count). The van der Waals surface area contributed by atoms with Gasteiger partial charge in [0.15, 0.2) is 0 Å². The van der Waals surface area contributed by atoms with Crippen molar-refractivity contribution in [3.8, 4) is 23.0 Å². The summed E-state index contributed by atoms with van der Waals surface area (Å²) in [5.41, 5.74) is 3.82. The van der Waals surface area contributed by atoms with Crippen LogP contribution in [0.4, 0.5) is 0 Å². The average Bonchev–Trinajstić information content (AvgIpc) is 2.65. The van der Waals surface area contributed by atoms with Gasteiger partial charge in [0.1, 0.15) is 0 Å². The van der Waals surface area contributed by atoms with E-state index in [1.54, 1.807) is 13.3 Å². The summed E-state index contributed by atoms with van der Waals surface area (Å²) in [5, 5.41) is 0. The van der Waals surface area contributed by atoms with Gasteiger partial charge in [-0.3, -0.25) is 4.79 Å². The van der Waals surface area contributed by atoms with Crippen molar-refractivity contribution in [3.05, 3.63) is 33.9 Å². The van der Waals surface area contributed by atoms with E-state index in [1.165, 1.54) is 44.1 Å². The summed E-state index contributed by atoms with van der Waals surface area (Å²) in [6.07, 6.45) is 9.70. The summed E-state index contributed by atoms with van der Waals surface area (Å²) in [7, 11) is 3.06. The van der Waals surface area contributed by atoms with Crippen LogP contribution in [0.3, 0.4) is 0 Å². The number of aryl methyl sites for hydroxylation is 1. The summed E-state index contributed by atoms with van der Waals surface area (Å²) >= 11 is 0. The molecule has 1 saturated carbocycles. The summed E-state index contributed by atoms with van der Waals surface area (Å²) in [6, 6.07) is 2.26. The van der Waals surface area contributed by atoms with Gasteiger partial charge < -0.3 is 14.0 Å². The van der Waals surface area contributed by atoms with Crippen LogP contribution in [-0.2, 0) is 19.4 Å². The molecule has 0 amide bonds. The Morgan fingerprint density at radius 1 is 1.12 bits per heavy atom. The topological polar surface area (TPSA) is 66.2 Å². The molecule has 0 atom stereocenters. The fraction of sp³-hybridized carbons (Fsp3) is 0.550. The van der Waals surface area contributed by atoms with Gasteiger partial charge in [-0.1, -0.05) is 6.42 Å². The van der Waals surface area contributed by atoms with Crippen LogP contribution >= 0.6 is 0 Å². The van der Waals surface area contributed by atoms with Crippen molar-refractivity contribution >= 4 is 0 Å². The second kappa shape index (κ2) is 7.09. The molecular formula is C20H25N3O3. The van der Waals surface area contributed by atoms with Crippen LogP contribution in [0.2, 0.25) is 0 Å². The third-order valence-electron chi connectivity index (χ3n) is 5.66. The van der Waals surface area contributed by atoms with Crippen molar-refractivity contribution in [1.29, 1.82) is 0 Å². The van der Waals surface area contributed by atoms with Gasteiger partial charge in [0.05, 0.1) is 25.3 Å². The third kappa shape index (κ3) is 2.97. The molecule has 2 aliphatic rings. The van der Waals surface area contributed by atoms with Crippen molar-refractivity contribution in [3.63, 3.8) is 0 Å². The van der Waals surface area contributed by atoms with E-state index in [0.29, 0.717) is 22.9 Å². The summed E-state index contributed by atoms with van der Waals surface area (Å²) < 4.78 is 12.5. The lowest BCUT2D eigenvalue weighted by Gasteiger charge is -2.30. The minimum Gasteiger partial charge on any atom is -0.480 e. The van der Waals surface area contributed by atoms with Crippen molar-refractivity contribution in [2.75, 3.05) is 14.2 Å². The Labute approximate surface area is 153 Å². The minimum atomic E-state index is 0.0459. The van der Waals surface area contributed by atoms with Gasteiger partial charge >= 0.3 is 6.01 Å². The molecule has 2 aliphatic carbocycles. The molecule has 0 saturated heterocycles. The zero-order valence-electron chi connectivity index (χ0n) is 15.5. The highest BCUT2D eigenvalue weighted by atomic mass is 16.5. The van der Waals surface area contributed by atoms with E-state index in [2.05, 4.69) is 9.97 Å². The van der Waals surface area contributed by atoms with Crippen molar-refractivity contribution < 1.29 is 9.47 Å². The molecule has 26 heavy (non-hydrogen) atoms. The Morgan fingerprint density at radius 2 is 1.92 bits per heavy atom. The highest BCUT2D eigenvalue weighted by Gasteiger charge is 2.25. The van der Waals surface area contributed by atoms with E-state index in [0.717, 1.165) is 25.8 Å². The normalized spacial score (nSPS) is 16.7. The highest BCUT2D eigenvalue weighted by Crippen LogP contribution is 2.32. The number of pyridine rings is 1.